The minimum Gasteiger partial charge on any atom is -0.755 e. The largest absolute Gasteiger partial charge is 0.755 e. The van der Waals surface area contributed by atoms with Crippen LogP contribution in [0.1, 0.15) is 11.1 Å². The second-order valence-corrected chi connectivity index (χ2v) is 7.09. The third-order valence-corrected chi connectivity index (χ3v) is 5.24. The lowest BCUT2D eigenvalue weighted by Gasteiger charge is -2.31. The van der Waals surface area contributed by atoms with Gasteiger partial charge in [0.15, 0.2) is 11.5 Å². The van der Waals surface area contributed by atoms with Gasteiger partial charge in [-0.05, 0) is 35.7 Å². The van der Waals surface area contributed by atoms with Crippen LogP contribution < -0.4 is 19.1 Å². The van der Waals surface area contributed by atoms with Gasteiger partial charge in [0.05, 0.1) is 19.7 Å². The number of nitrogens with one attached hydrogen (secondary N) is 1. The first kappa shape index (κ1) is 18.5. The molecule has 0 spiro atoms. The van der Waals surface area contributed by atoms with E-state index in [-0.39, 0.29) is 0 Å². The predicted octanol–water partition coefficient (Wildman–Crippen LogP) is 2.42. The predicted molar refractivity (Wildman–Crippen MR) is 106 cm³/mol. The third-order valence-electron chi connectivity index (χ3n) is 4.84. The number of methoxy groups -OCH3 is 2. The highest BCUT2D eigenvalue weighted by atomic mass is 32.2. The van der Waals surface area contributed by atoms with Gasteiger partial charge in [-0.2, -0.15) is 0 Å². The lowest BCUT2D eigenvalue weighted by Crippen LogP contribution is -2.31. The van der Waals surface area contributed by atoms with Crippen LogP contribution in [-0.4, -0.2) is 39.5 Å². The Kier molecular flexibility index (Phi) is 5.01. The molecular weight excluding hydrogens is 380 g/mol. The number of hydrogen-bond acceptors (Lipinski definition) is 7. The van der Waals surface area contributed by atoms with Crippen LogP contribution in [0.2, 0.25) is 0 Å². The van der Waals surface area contributed by atoms with Crippen molar-refractivity contribution in [3.05, 3.63) is 47.8 Å². The molecular formula is C19H19N4O4S-. The number of nitrogens with zero attached hydrogens (tertiary/aromatic N) is 3. The molecule has 1 aromatic heterocycles. The minimum atomic E-state index is -2.33. The molecule has 2 heterocycles. The average Bonchev–Trinajstić information content (AvgIpc) is 2.71. The fourth-order valence-corrected chi connectivity index (χ4v) is 3.83. The molecule has 1 atom stereocenters. The number of rotatable bonds is 5. The van der Waals surface area contributed by atoms with Crippen molar-refractivity contribution in [3.8, 4) is 11.5 Å². The first-order valence-corrected chi connectivity index (χ1v) is 9.76. The second-order valence-electron chi connectivity index (χ2n) is 6.41. The number of aromatic nitrogens is 2. The zero-order valence-corrected chi connectivity index (χ0v) is 16.3. The molecule has 0 saturated carbocycles. The van der Waals surface area contributed by atoms with Gasteiger partial charge in [-0.15, -0.1) is 0 Å². The number of anilines is 2. The Morgan fingerprint density at radius 3 is 2.64 bits per heavy atom. The van der Waals surface area contributed by atoms with Gasteiger partial charge in [0.2, 0.25) is 0 Å². The van der Waals surface area contributed by atoms with Gasteiger partial charge in [0, 0.05) is 41.5 Å². The third kappa shape index (κ3) is 3.46. The summed E-state index contributed by atoms with van der Waals surface area (Å²) in [5.74, 6) is 2.09. The molecule has 1 N–H and O–H groups in total. The molecule has 1 aliphatic rings. The van der Waals surface area contributed by atoms with Gasteiger partial charge in [-0.1, -0.05) is 6.07 Å². The monoisotopic (exact) mass is 399 g/mol. The van der Waals surface area contributed by atoms with Gasteiger partial charge in [0.1, 0.15) is 12.1 Å². The molecule has 1 aliphatic heterocycles. The summed E-state index contributed by atoms with van der Waals surface area (Å²) in [4.78, 5) is 11.1. The van der Waals surface area contributed by atoms with Crippen LogP contribution in [0.15, 0.2) is 36.7 Å². The summed E-state index contributed by atoms with van der Waals surface area (Å²) in [6.45, 7) is 1.44. The highest BCUT2D eigenvalue weighted by Crippen LogP contribution is 2.36. The fraction of sp³-hybridized carbons (Fsp3) is 0.263. The zero-order chi connectivity index (χ0) is 19.7. The molecule has 2 aromatic carbocycles. The standard InChI is InChI=1S/C19H20N4O4S/c1-26-17-8-15-16(9-18(17)27-2)20-11-21-19(15)23-6-5-12-7-14(22-28(24)25)4-3-13(12)10-23/h3-4,7-9,11,22H,5-6,10H2,1-2H3,(H,24,25)/p-1. The fourth-order valence-electron chi connectivity index (χ4n) is 3.51. The summed E-state index contributed by atoms with van der Waals surface area (Å²) in [5.41, 5.74) is 3.63. The van der Waals surface area contributed by atoms with Gasteiger partial charge in [0.25, 0.3) is 0 Å². The van der Waals surface area contributed by atoms with Crippen molar-refractivity contribution in [2.45, 2.75) is 13.0 Å². The van der Waals surface area contributed by atoms with E-state index in [9.17, 15) is 8.76 Å². The summed E-state index contributed by atoms with van der Waals surface area (Å²) in [5, 5.41) is 0.892. The number of ether oxygens (including phenoxy) is 2. The van der Waals surface area contributed by atoms with Gasteiger partial charge in [-0.25, -0.2) is 9.97 Å². The Balaban J connectivity index is 1.69. The molecule has 0 amide bonds. The summed E-state index contributed by atoms with van der Waals surface area (Å²) < 4.78 is 34.9. The maximum absolute atomic E-state index is 10.8. The van der Waals surface area contributed by atoms with Crippen LogP contribution in [0.25, 0.3) is 10.9 Å². The zero-order valence-electron chi connectivity index (χ0n) is 15.5. The van der Waals surface area contributed by atoms with E-state index in [1.807, 2.05) is 24.3 Å². The van der Waals surface area contributed by atoms with E-state index < -0.39 is 11.3 Å². The van der Waals surface area contributed by atoms with Crippen molar-refractivity contribution in [2.24, 2.45) is 0 Å². The highest BCUT2D eigenvalue weighted by Gasteiger charge is 2.21. The Bertz CT molecular complexity index is 1060. The molecule has 0 saturated heterocycles. The Morgan fingerprint density at radius 2 is 1.89 bits per heavy atom. The van der Waals surface area contributed by atoms with Crippen LogP contribution in [0.3, 0.4) is 0 Å². The van der Waals surface area contributed by atoms with Crippen LogP contribution in [0, 0.1) is 0 Å². The molecule has 8 nitrogen and oxygen atoms in total. The van der Waals surface area contributed by atoms with Crippen molar-refractivity contribution in [3.63, 3.8) is 0 Å². The van der Waals surface area contributed by atoms with Crippen molar-refractivity contribution in [1.82, 2.24) is 9.97 Å². The van der Waals surface area contributed by atoms with Gasteiger partial charge < -0.3 is 23.6 Å². The lowest BCUT2D eigenvalue weighted by molar-refractivity contribution is 0.356. The smallest absolute Gasteiger partial charge is 0.162 e. The summed E-state index contributed by atoms with van der Waals surface area (Å²) in [6, 6.07) is 9.34. The normalized spacial score (nSPS) is 14.5. The Morgan fingerprint density at radius 1 is 1.11 bits per heavy atom. The van der Waals surface area contributed by atoms with Crippen LogP contribution >= 0.6 is 0 Å². The van der Waals surface area contributed by atoms with Crippen molar-refractivity contribution >= 4 is 33.7 Å². The average molecular weight is 399 g/mol. The quantitative estimate of drug-likeness (QED) is 0.658. The molecule has 146 valence electrons. The maximum atomic E-state index is 10.8. The van der Waals surface area contributed by atoms with E-state index in [1.165, 1.54) is 0 Å². The van der Waals surface area contributed by atoms with Gasteiger partial charge in [-0.3, -0.25) is 4.21 Å². The summed E-state index contributed by atoms with van der Waals surface area (Å²) in [7, 11) is 3.20. The molecule has 9 heteroatoms. The lowest BCUT2D eigenvalue weighted by atomic mass is 9.99. The topological polar surface area (TPSA) is 99.6 Å². The summed E-state index contributed by atoms with van der Waals surface area (Å²) in [6.07, 6.45) is 2.34. The second kappa shape index (κ2) is 7.61. The molecule has 3 aromatic rings. The maximum Gasteiger partial charge on any atom is 0.162 e. The van der Waals surface area contributed by atoms with E-state index in [2.05, 4.69) is 19.6 Å². The first-order valence-electron chi connectivity index (χ1n) is 8.68. The van der Waals surface area contributed by atoms with Crippen molar-refractivity contribution < 1.29 is 18.2 Å². The molecule has 1 unspecified atom stereocenters. The molecule has 0 fully saturated rings. The van der Waals surface area contributed by atoms with Gasteiger partial charge >= 0.3 is 0 Å². The Hall–Kier alpha value is -2.91. The summed E-state index contributed by atoms with van der Waals surface area (Å²) >= 11 is -2.33. The van der Waals surface area contributed by atoms with Crippen molar-refractivity contribution in [1.29, 1.82) is 0 Å². The molecule has 0 radical (unpaired) electrons. The van der Waals surface area contributed by atoms with E-state index in [0.717, 1.165) is 40.8 Å². The molecule has 0 aliphatic carbocycles. The van der Waals surface area contributed by atoms with E-state index >= 15 is 0 Å². The van der Waals surface area contributed by atoms with E-state index in [4.69, 9.17) is 9.47 Å². The van der Waals surface area contributed by atoms with Crippen LogP contribution in [0.4, 0.5) is 11.5 Å². The molecule has 28 heavy (non-hydrogen) atoms. The SMILES string of the molecule is COc1cc2ncnc(N3CCc4cc(NS(=O)[O-])ccc4C3)c2cc1OC. The van der Waals surface area contributed by atoms with E-state index in [0.29, 0.717) is 23.7 Å². The van der Waals surface area contributed by atoms with Crippen LogP contribution in [0.5, 0.6) is 11.5 Å². The number of benzene rings is 2. The molecule has 4 rings (SSSR count). The van der Waals surface area contributed by atoms with Crippen molar-refractivity contribution in [2.75, 3.05) is 30.4 Å². The minimum absolute atomic E-state index is 0.574. The molecule has 0 bridgehead atoms. The van der Waals surface area contributed by atoms with E-state index in [1.54, 1.807) is 26.6 Å². The first-order chi connectivity index (χ1) is 13.6. The number of hydrogen-bond donors (Lipinski definition) is 1. The highest BCUT2D eigenvalue weighted by molar-refractivity contribution is 7.80. The Labute approximate surface area is 164 Å². The van der Waals surface area contributed by atoms with Crippen LogP contribution in [-0.2, 0) is 24.2 Å². The number of fused-ring (bicyclic) bond motifs is 2.